The van der Waals surface area contributed by atoms with Gasteiger partial charge in [-0.2, -0.15) is 0 Å². The minimum Gasteiger partial charge on any atom is -0.503 e. The highest BCUT2D eigenvalue weighted by Gasteiger charge is 2.44. The maximum Gasteiger partial charge on any atom is 0.290 e. The van der Waals surface area contributed by atoms with E-state index in [1.807, 2.05) is 13.0 Å². The van der Waals surface area contributed by atoms with Crippen LogP contribution in [0.1, 0.15) is 48.8 Å². The number of benzene rings is 1. The predicted octanol–water partition coefficient (Wildman–Crippen LogP) is 3.77. The predicted molar refractivity (Wildman–Crippen MR) is 132 cm³/mol. The van der Waals surface area contributed by atoms with Crippen LogP contribution in [0.25, 0.3) is 0 Å². The van der Waals surface area contributed by atoms with E-state index >= 15 is 0 Å². The summed E-state index contributed by atoms with van der Waals surface area (Å²) in [4.78, 5) is 30.4. The van der Waals surface area contributed by atoms with Crippen LogP contribution in [0.5, 0.6) is 11.5 Å². The van der Waals surface area contributed by atoms with Crippen molar-refractivity contribution in [2.24, 2.45) is 0 Å². The van der Waals surface area contributed by atoms with Gasteiger partial charge in [-0.15, -0.1) is 0 Å². The van der Waals surface area contributed by atoms with Crippen LogP contribution < -0.4 is 9.47 Å². The maximum absolute atomic E-state index is 13.4. The number of Topliss-reactive ketones (excluding diaryl/α,β-unsaturated/α-hetero) is 1. The Bertz CT molecular complexity index is 1070. The third-order valence-electron chi connectivity index (χ3n) is 6.39. The number of ether oxygens (including phenoxy) is 3. The van der Waals surface area contributed by atoms with Crippen LogP contribution in [0.15, 0.2) is 52.3 Å². The Morgan fingerprint density at radius 2 is 1.92 bits per heavy atom. The molecule has 1 unspecified atom stereocenters. The molecule has 0 bridgehead atoms. The molecule has 2 aromatic rings. The quantitative estimate of drug-likeness (QED) is 0.349. The van der Waals surface area contributed by atoms with E-state index in [2.05, 4.69) is 11.8 Å². The Labute approximate surface area is 211 Å². The molecule has 1 saturated heterocycles. The summed E-state index contributed by atoms with van der Waals surface area (Å²) in [7, 11) is 0. The Hall–Kier alpha value is -3.30. The molecular formula is C27H34N2O7. The number of unbranched alkanes of at least 4 members (excludes halogenated alkanes) is 1. The summed E-state index contributed by atoms with van der Waals surface area (Å²) in [6.45, 7) is 8.71. The molecule has 1 aromatic carbocycles. The normalized spacial score (nSPS) is 18.7. The van der Waals surface area contributed by atoms with Gasteiger partial charge in [0.15, 0.2) is 23.0 Å². The number of nitrogens with zero attached hydrogens (tertiary/aromatic N) is 2. The molecule has 194 valence electrons. The van der Waals surface area contributed by atoms with Crippen LogP contribution in [0, 0.1) is 0 Å². The van der Waals surface area contributed by atoms with Crippen molar-refractivity contribution in [1.82, 2.24) is 9.80 Å². The number of aliphatic hydroxyl groups is 1. The van der Waals surface area contributed by atoms with E-state index in [4.69, 9.17) is 18.6 Å². The third kappa shape index (κ3) is 5.57. The molecule has 0 saturated carbocycles. The first-order valence-electron chi connectivity index (χ1n) is 12.6. The number of morpholine rings is 1. The number of carbonyl (C=O) groups is 2. The van der Waals surface area contributed by atoms with Gasteiger partial charge >= 0.3 is 0 Å². The summed E-state index contributed by atoms with van der Waals surface area (Å²) in [5.41, 5.74) is 0.648. The molecule has 2 aliphatic heterocycles. The maximum atomic E-state index is 13.4. The largest absolute Gasteiger partial charge is 0.503 e. The van der Waals surface area contributed by atoms with Crippen LogP contribution in [-0.2, 0) is 9.53 Å². The number of amides is 1. The first kappa shape index (κ1) is 25.8. The highest BCUT2D eigenvalue weighted by atomic mass is 16.5. The van der Waals surface area contributed by atoms with Crippen LogP contribution in [0.3, 0.4) is 0 Å². The zero-order chi connectivity index (χ0) is 25.5. The Kier molecular flexibility index (Phi) is 8.66. The van der Waals surface area contributed by atoms with E-state index in [9.17, 15) is 14.7 Å². The molecule has 9 heteroatoms. The van der Waals surface area contributed by atoms with E-state index in [-0.39, 0.29) is 11.3 Å². The Balaban J connectivity index is 1.68. The van der Waals surface area contributed by atoms with E-state index in [1.165, 1.54) is 12.3 Å². The average Bonchev–Trinajstić information content (AvgIpc) is 3.52. The van der Waals surface area contributed by atoms with Crippen molar-refractivity contribution in [3.8, 4) is 11.5 Å². The first-order valence-corrected chi connectivity index (χ1v) is 12.6. The molecule has 1 aromatic heterocycles. The van der Waals surface area contributed by atoms with Gasteiger partial charge < -0.3 is 28.6 Å². The molecule has 3 heterocycles. The van der Waals surface area contributed by atoms with Crippen molar-refractivity contribution in [2.75, 3.05) is 52.6 Å². The van der Waals surface area contributed by atoms with E-state index in [1.54, 1.807) is 23.1 Å². The van der Waals surface area contributed by atoms with Crippen molar-refractivity contribution < 1.29 is 33.3 Å². The van der Waals surface area contributed by atoms with Crippen LogP contribution in [0.2, 0.25) is 0 Å². The van der Waals surface area contributed by atoms with Gasteiger partial charge in [-0.1, -0.05) is 19.4 Å². The second-order valence-corrected chi connectivity index (χ2v) is 8.77. The molecule has 9 nitrogen and oxygen atoms in total. The van der Waals surface area contributed by atoms with Gasteiger partial charge in [0.25, 0.3) is 5.91 Å². The van der Waals surface area contributed by atoms with Crippen molar-refractivity contribution in [2.45, 2.75) is 32.7 Å². The van der Waals surface area contributed by atoms with Gasteiger partial charge in [-0.05, 0) is 43.2 Å². The molecule has 36 heavy (non-hydrogen) atoms. The molecule has 1 atom stereocenters. The number of hydrogen-bond donors (Lipinski definition) is 1. The lowest BCUT2D eigenvalue weighted by molar-refractivity contribution is -0.129. The lowest BCUT2D eigenvalue weighted by atomic mass is 9.94. The zero-order valence-electron chi connectivity index (χ0n) is 20.9. The summed E-state index contributed by atoms with van der Waals surface area (Å²) < 4.78 is 22.5. The monoisotopic (exact) mass is 498 g/mol. The molecular weight excluding hydrogens is 464 g/mol. The fourth-order valence-corrected chi connectivity index (χ4v) is 4.49. The minimum absolute atomic E-state index is 0.000901. The van der Waals surface area contributed by atoms with Crippen LogP contribution in [0.4, 0.5) is 0 Å². The standard InChI is InChI=1S/C27H34N2O7/c1-3-5-14-35-20-9-8-19(18-22(20)34-4-2)24-23(25(30)21-7-6-15-36-21)26(31)27(32)29(24)11-10-28-12-16-33-17-13-28/h6-9,15,18,24,31H,3-5,10-14,16-17H2,1-2H3. The number of hydrogen-bond acceptors (Lipinski definition) is 8. The fraction of sp³-hybridized carbons (Fsp3) is 0.481. The highest BCUT2D eigenvalue weighted by molar-refractivity contribution is 6.15. The molecule has 2 aliphatic rings. The van der Waals surface area contributed by atoms with Gasteiger partial charge in [-0.3, -0.25) is 14.5 Å². The minimum atomic E-state index is -0.792. The summed E-state index contributed by atoms with van der Waals surface area (Å²) in [6.07, 6.45) is 3.31. The van der Waals surface area contributed by atoms with E-state index in [0.717, 1.165) is 25.9 Å². The van der Waals surface area contributed by atoms with Crippen molar-refractivity contribution >= 4 is 11.7 Å². The smallest absolute Gasteiger partial charge is 0.290 e. The number of carbonyl (C=O) groups excluding carboxylic acids is 2. The molecule has 0 radical (unpaired) electrons. The van der Waals surface area contributed by atoms with Gasteiger partial charge in [-0.25, -0.2) is 0 Å². The molecule has 1 amide bonds. The zero-order valence-corrected chi connectivity index (χ0v) is 20.9. The molecule has 1 fully saturated rings. The molecule has 1 N–H and O–H groups in total. The lowest BCUT2D eigenvalue weighted by Gasteiger charge is -2.31. The lowest BCUT2D eigenvalue weighted by Crippen LogP contribution is -2.43. The highest BCUT2D eigenvalue weighted by Crippen LogP contribution is 2.41. The number of rotatable bonds is 12. The molecule has 4 rings (SSSR count). The SMILES string of the molecule is CCCCOc1ccc(C2C(C(=O)c3ccco3)=C(O)C(=O)N2CCN2CCOCC2)cc1OCC. The summed E-state index contributed by atoms with van der Waals surface area (Å²) in [6, 6.07) is 7.74. The molecule has 0 aliphatic carbocycles. The van der Waals surface area contributed by atoms with Crippen molar-refractivity contribution in [3.63, 3.8) is 0 Å². The molecule has 0 spiro atoms. The van der Waals surface area contributed by atoms with Crippen LogP contribution in [-0.4, -0.2) is 79.2 Å². The second-order valence-electron chi connectivity index (χ2n) is 8.77. The number of furan rings is 1. The van der Waals surface area contributed by atoms with E-state index < -0.39 is 23.5 Å². The van der Waals surface area contributed by atoms with Gasteiger partial charge in [0.05, 0.1) is 44.3 Å². The Morgan fingerprint density at radius 1 is 1.11 bits per heavy atom. The topological polar surface area (TPSA) is 102 Å². The van der Waals surface area contributed by atoms with Gasteiger partial charge in [0.1, 0.15) is 0 Å². The summed E-state index contributed by atoms with van der Waals surface area (Å²) in [5, 5.41) is 10.9. The Morgan fingerprint density at radius 3 is 2.61 bits per heavy atom. The van der Waals surface area contributed by atoms with Gasteiger partial charge in [0, 0.05) is 26.2 Å². The second kappa shape index (κ2) is 12.1. The van der Waals surface area contributed by atoms with Gasteiger partial charge in [0.2, 0.25) is 5.78 Å². The average molecular weight is 499 g/mol. The summed E-state index contributed by atoms with van der Waals surface area (Å²) in [5.74, 6) is -0.456. The summed E-state index contributed by atoms with van der Waals surface area (Å²) >= 11 is 0. The number of ketones is 1. The first-order chi connectivity index (χ1) is 17.5. The van der Waals surface area contributed by atoms with Crippen molar-refractivity contribution in [3.05, 3.63) is 59.3 Å². The fourth-order valence-electron chi connectivity index (χ4n) is 4.49. The van der Waals surface area contributed by atoms with Crippen LogP contribution >= 0.6 is 0 Å². The number of aliphatic hydroxyl groups excluding tert-OH is 1. The van der Waals surface area contributed by atoms with Crippen molar-refractivity contribution in [1.29, 1.82) is 0 Å². The van der Waals surface area contributed by atoms with E-state index in [0.29, 0.717) is 56.6 Å². The third-order valence-corrected chi connectivity index (χ3v) is 6.39.